The number of amides is 1. The summed E-state index contributed by atoms with van der Waals surface area (Å²) in [4.78, 5) is 35.5. The van der Waals surface area contributed by atoms with Crippen LogP contribution in [-0.2, 0) is 9.53 Å². The summed E-state index contributed by atoms with van der Waals surface area (Å²) in [7, 11) is 1.87. The van der Waals surface area contributed by atoms with Crippen molar-refractivity contribution in [2.45, 2.75) is 62.0 Å². The molecular formula is C41H42F3N7O3. The van der Waals surface area contributed by atoms with E-state index in [0.717, 1.165) is 39.0 Å². The lowest BCUT2D eigenvalue weighted by Gasteiger charge is -2.31. The summed E-state index contributed by atoms with van der Waals surface area (Å²) in [5.74, 6) is 1.46. The minimum atomic E-state index is -0.939. The lowest BCUT2D eigenvalue weighted by Crippen LogP contribution is -2.43. The van der Waals surface area contributed by atoms with Gasteiger partial charge >= 0.3 is 6.01 Å². The topological polar surface area (TPSA) is 87.2 Å². The van der Waals surface area contributed by atoms with Gasteiger partial charge in [-0.05, 0) is 43.7 Å². The third kappa shape index (κ3) is 6.04. The quantitative estimate of drug-likeness (QED) is 0.172. The number of carbonyl (C=O) groups excluding carboxylic acids is 1. The first-order valence-corrected chi connectivity index (χ1v) is 18.8. The van der Waals surface area contributed by atoms with E-state index < -0.39 is 23.3 Å². The molecule has 10 nitrogen and oxygen atoms in total. The van der Waals surface area contributed by atoms with E-state index in [9.17, 15) is 13.6 Å². The highest BCUT2D eigenvalue weighted by Crippen LogP contribution is 2.41. The van der Waals surface area contributed by atoms with Crippen molar-refractivity contribution >= 4 is 33.4 Å². The standard InChI is InChI=1S/C41H42F3N7O3/c1-3-30-33(43)11-10-25-7-4-8-31(35(25)30)37-36(44)38-32(19-45-37)39(47-40(46-38)54-24-41-13-6-15-51(41)20-26(42)18-41)48(2)27-12-16-50(21-27)34(52)9-5-14-49-22-29-17-28(49)23-53-29/h1,4-5,7-11,19,26-29H,6,12-18,20-24H2,2H3/b9-5+/t26-,27-,28-,29-,41+/m1/s1. The van der Waals surface area contributed by atoms with Crippen molar-refractivity contribution in [2.75, 3.05) is 64.4 Å². The Morgan fingerprint density at radius 2 is 2.07 bits per heavy atom. The van der Waals surface area contributed by atoms with Crippen molar-refractivity contribution in [2.24, 2.45) is 0 Å². The molecule has 54 heavy (non-hydrogen) atoms. The molecule has 5 saturated heterocycles. The third-order valence-electron chi connectivity index (χ3n) is 12.2. The zero-order chi connectivity index (χ0) is 37.1. The molecule has 2 aromatic carbocycles. The van der Waals surface area contributed by atoms with Gasteiger partial charge in [0.2, 0.25) is 5.91 Å². The van der Waals surface area contributed by atoms with Gasteiger partial charge in [-0.3, -0.25) is 19.6 Å². The lowest BCUT2D eigenvalue weighted by atomic mass is 9.95. The molecule has 0 saturated carbocycles. The molecule has 5 fully saturated rings. The van der Waals surface area contributed by atoms with Crippen LogP contribution < -0.4 is 9.64 Å². The second kappa shape index (κ2) is 13.8. The molecule has 280 valence electrons. The van der Waals surface area contributed by atoms with Gasteiger partial charge in [0.05, 0.1) is 29.2 Å². The molecule has 0 unspecified atom stereocenters. The highest BCUT2D eigenvalue weighted by atomic mass is 19.1. The first-order valence-electron chi connectivity index (χ1n) is 18.8. The van der Waals surface area contributed by atoms with Gasteiger partial charge in [-0.1, -0.05) is 36.3 Å². The molecule has 1 amide bonds. The molecule has 0 radical (unpaired) electrons. The van der Waals surface area contributed by atoms with E-state index in [1.165, 1.54) is 12.3 Å². The highest BCUT2D eigenvalue weighted by Gasteiger charge is 2.49. The van der Waals surface area contributed by atoms with Gasteiger partial charge in [0.25, 0.3) is 0 Å². The molecule has 9 rings (SSSR count). The Hall–Kier alpha value is -4.77. The predicted octanol–water partition coefficient (Wildman–Crippen LogP) is 5.13. The predicted molar refractivity (Wildman–Crippen MR) is 199 cm³/mol. The summed E-state index contributed by atoms with van der Waals surface area (Å²) in [5.41, 5.74) is -0.171. The van der Waals surface area contributed by atoms with Gasteiger partial charge in [0.15, 0.2) is 5.82 Å². The van der Waals surface area contributed by atoms with Crippen LogP contribution in [0, 0.1) is 24.0 Å². The molecule has 5 atom stereocenters. The first kappa shape index (κ1) is 35.0. The number of carbonyl (C=O) groups is 1. The van der Waals surface area contributed by atoms with E-state index in [1.54, 1.807) is 30.3 Å². The maximum atomic E-state index is 17.0. The fourth-order valence-corrected chi connectivity index (χ4v) is 9.41. The van der Waals surface area contributed by atoms with Crippen LogP contribution in [0.15, 0.2) is 48.7 Å². The minimum absolute atomic E-state index is 0.0204. The number of fused-ring (bicyclic) bond motifs is 5. The van der Waals surface area contributed by atoms with Crippen LogP contribution in [-0.4, -0.2) is 125 Å². The SMILES string of the molecule is C#Cc1c(F)ccc2cccc(-c3ncc4c(N(C)[C@@H]5CCN(C(=O)/C=C/CN6C[C@H]7C[C@@H]6CO7)C5)nc(OC[C@@]56CCCN5C[C@H](F)C6)nc4c3F)c12. The van der Waals surface area contributed by atoms with E-state index in [-0.39, 0.29) is 41.3 Å². The molecule has 13 heteroatoms. The lowest BCUT2D eigenvalue weighted by molar-refractivity contribution is -0.125. The second-order valence-electron chi connectivity index (χ2n) is 15.4. The number of likely N-dealkylation sites (tertiary alicyclic amines) is 2. The average molecular weight is 738 g/mol. The van der Waals surface area contributed by atoms with Gasteiger partial charge in [-0.2, -0.15) is 9.97 Å². The summed E-state index contributed by atoms with van der Waals surface area (Å²) in [6.07, 6.45) is 14.0. The highest BCUT2D eigenvalue weighted by molar-refractivity contribution is 6.02. The number of nitrogens with zero attached hydrogens (tertiary/aromatic N) is 7. The zero-order valence-corrected chi connectivity index (χ0v) is 30.2. The molecule has 0 spiro atoms. The van der Waals surface area contributed by atoms with E-state index in [0.29, 0.717) is 78.7 Å². The van der Waals surface area contributed by atoms with Crippen molar-refractivity contribution in [1.29, 1.82) is 0 Å². The number of halogens is 3. The van der Waals surface area contributed by atoms with Crippen LogP contribution in [0.3, 0.4) is 0 Å². The van der Waals surface area contributed by atoms with Crippen LogP contribution in [0.25, 0.3) is 32.9 Å². The summed E-state index contributed by atoms with van der Waals surface area (Å²) in [5, 5.41) is 1.38. The van der Waals surface area contributed by atoms with E-state index in [4.69, 9.17) is 20.9 Å². The van der Waals surface area contributed by atoms with Crippen molar-refractivity contribution in [3.8, 4) is 29.6 Å². The number of hydrogen-bond acceptors (Lipinski definition) is 9. The van der Waals surface area contributed by atoms with Crippen LogP contribution in [0.4, 0.5) is 19.0 Å². The largest absolute Gasteiger partial charge is 0.461 e. The molecule has 0 N–H and O–H groups in total. The second-order valence-corrected chi connectivity index (χ2v) is 15.4. The van der Waals surface area contributed by atoms with E-state index in [1.807, 2.05) is 22.9 Å². The molecule has 2 aromatic heterocycles. The molecular weight excluding hydrogens is 695 g/mol. The monoisotopic (exact) mass is 737 g/mol. The normalized spacial score (nSPS) is 26.8. The average Bonchev–Trinajstić information content (AvgIpc) is 4.02. The fourth-order valence-electron chi connectivity index (χ4n) is 9.41. The smallest absolute Gasteiger partial charge is 0.319 e. The minimum Gasteiger partial charge on any atom is -0.461 e. The number of benzene rings is 2. The van der Waals surface area contributed by atoms with Gasteiger partial charge in [-0.15, -0.1) is 6.42 Å². The number of hydrogen-bond donors (Lipinski definition) is 0. The molecule has 5 aliphatic heterocycles. The zero-order valence-electron chi connectivity index (χ0n) is 30.2. The summed E-state index contributed by atoms with van der Waals surface area (Å²) >= 11 is 0. The van der Waals surface area contributed by atoms with Crippen molar-refractivity contribution in [3.05, 3.63) is 65.9 Å². The number of anilines is 1. The first-order chi connectivity index (χ1) is 26.2. The number of morpholine rings is 1. The Bertz CT molecular complexity index is 2210. The van der Waals surface area contributed by atoms with Gasteiger partial charge in [0, 0.05) is 81.5 Å². The molecule has 4 aromatic rings. The molecule has 5 aliphatic rings. The van der Waals surface area contributed by atoms with Crippen molar-refractivity contribution in [1.82, 2.24) is 29.7 Å². The van der Waals surface area contributed by atoms with Crippen LogP contribution >= 0.6 is 0 Å². The maximum Gasteiger partial charge on any atom is 0.319 e. The van der Waals surface area contributed by atoms with Gasteiger partial charge < -0.3 is 19.3 Å². The number of pyridine rings is 1. The maximum absolute atomic E-state index is 17.0. The number of alkyl halides is 1. The summed E-state index contributed by atoms with van der Waals surface area (Å²) in [6, 6.07) is 8.35. The number of ether oxygens (including phenoxy) is 2. The number of terminal acetylenes is 1. The van der Waals surface area contributed by atoms with E-state index >= 15 is 4.39 Å². The van der Waals surface area contributed by atoms with Crippen LogP contribution in [0.5, 0.6) is 6.01 Å². The summed E-state index contributed by atoms with van der Waals surface area (Å²) < 4.78 is 58.5. The molecule has 2 bridgehead atoms. The Morgan fingerprint density at radius 1 is 1.19 bits per heavy atom. The Balaban J connectivity index is 1.03. The Labute approximate surface area is 311 Å². The van der Waals surface area contributed by atoms with E-state index in [2.05, 4.69) is 25.7 Å². The fraction of sp³-hybridized carbons (Fsp3) is 0.463. The summed E-state index contributed by atoms with van der Waals surface area (Å²) in [6.45, 7) is 4.71. The van der Waals surface area contributed by atoms with Crippen LogP contribution in [0.1, 0.15) is 37.7 Å². The van der Waals surface area contributed by atoms with Crippen LogP contribution in [0.2, 0.25) is 0 Å². The van der Waals surface area contributed by atoms with Crippen molar-refractivity contribution < 1.29 is 27.4 Å². The number of rotatable bonds is 9. The number of likely N-dealkylation sites (N-methyl/N-ethyl adjacent to an activating group) is 1. The van der Waals surface area contributed by atoms with Crippen molar-refractivity contribution in [3.63, 3.8) is 0 Å². The number of aromatic nitrogens is 3. The van der Waals surface area contributed by atoms with Gasteiger partial charge in [-0.25, -0.2) is 13.2 Å². The Morgan fingerprint density at radius 3 is 2.89 bits per heavy atom. The molecule has 7 heterocycles. The third-order valence-corrected chi connectivity index (χ3v) is 12.2. The van der Waals surface area contributed by atoms with Gasteiger partial charge in [0.1, 0.15) is 35.6 Å². The Kier molecular flexibility index (Phi) is 8.95. The molecule has 0 aliphatic carbocycles.